The van der Waals surface area contributed by atoms with Gasteiger partial charge in [-0.3, -0.25) is 0 Å². The van der Waals surface area contributed by atoms with Crippen LogP contribution < -0.4 is 4.74 Å². The highest BCUT2D eigenvalue weighted by Crippen LogP contribution is 2.27. The lowest BCUT2D eigenvalue weighted by Gasteiger charge is -2.14. The van der Waals surface area contributed by atoms with Gasteiger partial charge in [-0.15, -0.1) is 13.2 Å². The first kappa shape index (κ1) is 15.3. The molecule has 2 rings (SSSR count). The first-order valence-electron chi connectivity index (χ1n) is 6.06. The molecule has 0 fully saturated rings. The molecule has 0 bridgehead atoms. The Balaban J connectivity index is 2.19. The van der Waals surface area contributed by atoms with Crippen molar-refractivity contribution in [2.75, 3.05) is 0 Å². The third-order valence-electron chi connectivity index (χ3n) is 2.93. The number of rotatable bonds is 3. The molecule has 2 nitrogen and oxygen atoms in total. The van der Waals surface area contributed by atoms with E-state index in [4.69, 9.17) is 0 Å². The number of benzene rings is 2. The molecule has 1 unspecified atom stereocenters. The summed E-state index contributed by atoms with van der Waals surface area (Å²) in [6, 6.07) is 9.02. The second-order valence-electron chi connectivity index (χ2n) is 4.53. The van der Waals surface area contributed by atoms with Crippen LogP contribution in [0.5, 0.6) is 5.75 Å². The lowest BCUT2D eigenvalue weighted by atomic mass is 10.00. The van der Waals surface area contributed by atoms with Gasteiger partial charge in [0.25, 0.3) is 0 Å². The van der Waals surface area contributed by atoms with Gasteiger partial charge in [0.2, 0.25) is 0 Å². The van der Waals surface area contributed by atoms with E-state index in [9.17, 15) is 22.7 Å². The zero-order valence-corrected chi connectivity index (χ0v) is 11.0. The van der Waals surface area contributed by atoms with Crippen LogP contribution in [0, 0.1) is 12.7 Å². The zero-order valence-electron chi connectivity index (χ0n) is 11.0. The van der Waals surface area contributed by atoms with Crippen molar-refractivity contribution in [2.45, 2.75) is 19.4 Å². The fourth-order valence-corrected chi connectivity index (χ4v) is 1.88. The summed E-state index contributed by atoms with van der Waals surface area (Å²) in [5.41, 5.74) is 1.22. The molecule has 0 amide bonds. The maximum atomic E-state index is 13.2. The Morgan fingerprint density at radius 1 is 1.00 bits per heavy atom. The second kappa shape index (κ2) is 5.73. The van der Waals surface area contributed by atoms with E-state index in [0.717, 1.165) is 12.1 Å². The molecule has 0 aliphatic rings. The van der Waals surface area contributed by atoms with Crippen molar-refractivity contribution in [2.24, 2.45) is 0 Å². The zero-order chi connectivity index (χ0) is 15.6. The molecule has 2 aromatic rings. The van der Waals surface area contributed by atoms with E-state index in [1.165, 1.54) is 30.3 Å². The molecule has 0 aromatic heterocycles. The Morgan fingerprint density at radius 3 is 2.10 bits per heavy atom. The number of aliphatic hydroxyl groups is 1. The van der Waals surface area contributed by atoms with Gasteiger partial charge in [0.1, 0.15) is 17.7 Å². The number of aryl methyl sites for hydroxylation is 1. The van der Waals surface area contributed by atoms with Crippen LogP contribution in [0.3, 0.4) is 0 Å². The first-order valence-corrected chi connectivity index (χ1v) is 6.06. The van der Waals surface area contributed by atoms with Gasteiger partial charge in [-0.25, -0.2) is 4.39 Å². The first-order chi connectivity index (χ1) is 9.76. The Bertz CT molecular complexity index is 621. The van der Waals surface area contributed by atoms with Crippen LogP contribution in [0.2, 0.25) is 0 Å². The number of hydrogen-bond acceptors (Lipinski definition) is 2. The van der Waals surface area contributed by atoms with Gasteiger partial charge in [0.15, 0.2) is 0 Å². The maximum absolute atomic E-state index is 13.2. The molecular weight excluding hydrogens is 288 g/mol. The van der Waals surface area contributed by atoms with E-state index in [1.807, 2.05) is 0 Å². The minimum atomic E-state index is -4.76. The molecule has 1 atom stereocenters. The van der Waals surface area contributed by atoms with Gasteiger partial charge in [0.05, 0.1) is 0 Å². The summed E-state index contributed by atoms with van der Waals surface area (Å²) >= 11 is 0. The van der Waals surface area contributed by atoms with Gasteiger partial charge >= 0.3 is 6.36 Å². The number of ether oxygens (including phenoxy) is 1. The Kier molecular flexibility index (Phi) is 4.18. The summed E-state index contributed by atoms with van der Waals surface area (Å²) in [6.45, 7) is 1.56. The van der Waals surface area contributed by atoms with Crippen LogP contribution in [0.25, 0.3) is 0 Å². The molecule has 21 heavy (non-hydrogen) atoms. The van der Waals surface area contributed by atoms with E-state index >= 15 is 0 Å². The van der Waals surface area contributed by atoms with Gasteiger partial charge in [0, 0.05) is 0 Å². The highest BCUT2D eigenvalue weighted by Gasteiger charge is 2.31. The number of halogens is 4. The largest absolute Gasteiger partial charge is 0.573 e. The molecule has 0 aliphatic carbocycles. The quantitative estimate of drug-likeness (QED) is 0.864. The predicted octanol–water partition coefficient (Wildman–Crippen LogP) is 4.11. The van der Waals surface area contributed by atoms with Crippen molar-refractivity contribution in [3.05, 3.63) is 65.0 Å². The lowest BCUT2D eigenvalue weighted by Crippen LogP contribution is -2.17. The standard InChI is InChI=1S/C15H12F4O2/c1-9-8-11(4-7-13(9)16)14(20)10-2-5-12(6-3-10)21-15(17,18)19/h2-8,14,20H,1H3. The normalized spacial score (nSPS) is 13.0. The van der Waals surface area contributed by atoms with Crippen LogP contribution in [0.4, 0.5) is 17.6 Å². The molecule has 1 N–H and O–H groups in total. The van der Waals surface area contributed by atoms with Gasteiger partial charge < -0.3 is 9.84 Å². The van der Waals surface area contributed by atoms with E-state index in [1.54, 1.807) is 6.92 Å². The minimum absolute atomic E-state index is 0.367. The van der Waals surface area contributed by atoms with Gasteiger partial charge in [-0.05, 0) is 41.8 Å². The van der Waals surface area contributed by atoms with Crippen LogP contribution in [-0.4, -0.2) is 11.5 Å². The van der Waals surface area contributed by atoms with Gasteiger partial charge in [-0.2, -0.15) is 0 Å². The Hall–Kier alpha value is -2.08. The average molecular weight is 300 g/mol. The topological polar surface area (TPSA) is 29.5 Å². The number of alkyl halides is 3. The summed E-state index contributed by atoms with van der Waals surface area (Å²) < 4.78 is 53.0. The van der Waals surface area contributed by atoms with Crippen LogP contribution in [0.1, 0.15) is 22.8 Å². The van der Waals surface area contributed by atoms with Crippen molar-refractivity contribution in [3.8, 4) is 5.75 Å². The Morgan fingerprint density at radius 2 is 1.57 bits per heavy atom. The van der Waals surface area contributed by atoms with Crippen molar-refractivity contribution >= 4 is 0 Å². The predicted molar refractivity (Wildman–Crippen MR) is 68.3 cm³/mol. The number of hydrogen-bond donors (Lipinski definition) is 1. The van der Waals surface area contributed by atoms with Crippen molar-refractivity contribution < 1.29 is 27.4 Å². The summed E-state index contributed by atoms with van der Waals surface area (Å²) in [7, 11) is 0. The highest BCUT2D eigenvalue weighted by atomic mass is 19.4. The van der Waals surface area contributed by atoms with Crippen molar-refractivity contribution in [1.29, 1.82) is 0 Å². The fraction of sp³-hybridized carbons (Fsp3) is 0.200. The molecular formula is C15H12F4O2. The van der Waals surface area contributed by atoms with Gasteiger partial charge in [-0.1, -0.05) is 24.3 Å². The fourth-order valence-electron chi connectivity index (χ4n) is 1.88. The van der Waals surface area contributed by atoms with Crippen LogP contribution in [-0.2, 0) is 0 Å². The smallest absolute Gasteiger partial charge is 0.406 e. The average Bonchev–Trinajstić information content (AvgIpc) is 2.40. The SMILES string of the molecule is Cc1cc(C(O)c2ccc(OC(F)(F)F)cc2)ccc1F. The molecule has 0 saturated heterocycles. The summed E-state index contributed by atoms with van der Waals surface area (Å²) in [4.78, 5) is 0. The Labute approximate surface area is 118 Å². The molecule has 0 aliphatic heterocycles. The molecule has 6 heteroatoms. The summed E-state index contributed by atoms with van der Waals surface area (Å²) in [6.07, 6.45) is -5.81. The van der Waals surface area contributed by atoms with Crippen LogP contribution in [0.15, 0.2) is 42.5 Å². The lowest BCUT2D eigenvalue weighted by molar-refractivity contribution is -0.274. The molecule has 0 saturated carbocycles. The highest BCUT2D eigenvalue weighted by molar-refractivity contribution is 5.35. The molecule has 0 spiro atoms. The molecule has 112 valence electrons. The van der Waals surface area contributed by atoms with E-state index in [0.29, 0.717) is 16.7 Å². The third kappa shape index (κ3) is 3.95. The summed E-state index contributed by atoms with van der Waals surface area (Å²) in [5, 5.41) is 10.1. The van der Waals surface area contributed by atoms with E-state index in [-0.39, 0.29) is 11.6 Å². The van der Waals surface area contributed by atoms with E-state index < -0.39 is 12.5 Å². The minimum Gasteiger partial charge on any atom is -0.406 e. The van der Waals surface area contributed by atoms with Crippen molar-refractivity contribution in [3.63, 3.8) is 0 Å². The monoisotopic (exact) mass is 300 g/mol. The molecule has 2 aromatic carbocycles. The molecule has 0 heterocycles. The van der Waals surface area contributed by atoms with Crippen molar-refractivity contribution in [1.82, 2.24) is 0 Å². The van der Waals surface area contributed by atoms with Crippen LogP contribution >= 0.6 is 0 Å². The third-order valence-corrected chi connectivity index (χ3v) is 2.93. The maximum Gasteiger partial charge on any atom is 0.573 e. The number of aliphatic hydroxyl groups excluding tert-OH is 1. The molecule has 0 radical (unpaired) electrons. The second-order valence-corrected chi connectivity index (χ2v) is 4.53. The summed E-state index contributed by atoms with van der Waals surface area (Å²) in [5.74, 6) is -0.756. The van der Waals surface area contributed by atoms with E-state index in [2.05, 4.69) is 4.74 Å².